The first-order chi connectivity index (χ1) is 15.3. The summed E-state index contributed by atoms with van der Waals surface area (Å²) in [6, 6.07) is 9.04. The van der Waals surface area contributed by atoms with E-state index in [1.807, 2.05) is 6.07 Å². The number of aliphatic hydroxyl groups excluding tert-OH is 1. The minimum atomic E-state index is -1.37. The maximum atomic E-state index is 12.7. The fraction of sp³-hybridized carbons (Fsp3) is 0.364. The predicted molar refractivity (Wildman–Crippen MR) is 110 cm³/mol. The minimum absolute atomic E-state index is 0.0223. The molecule has 1 aliphatic heterocycles. The molecular formula is C22H24N2O8. The summed E-state index contributed by atoms with van der Waals surface area (Å²) >= 11 is 0. The molecule has 10 heteroatoms. The fourth-order valence-electron chi connectivity index (χ4n) is 3.31. The van der Waals surface area contributed by atoms with Crippen LogP contribution in [0.4, 0.5) is 0 Å². The monoisotopic (exact) mass is 444 g/mol. The molecule has 0 radical (unpaired) electrons. The molecule has 1 aliphatic rings. The van der Waals surface area contributed by atoms with E-state index in [0.717, 1.165) is 5.56 Å². The highest BCUT2D eigenvalue weighted by Crippen LogP contribution is 2.27. The van der Waals surface area contributed by atoms with Gasteiger partial charge in [-0.1, -0.05) is 30.3 Å². The van der Waals surface area contributed by atoms with Gasteiger partial charge in [0.05, 0.1) is 13.0 Å². The molecule has 0 spiro atoms. The number of nitrogens with zero attached hydrogens (tertiary/aromatic N) is 1. The van der Waals surface area contributed by atoms with Gasteiger partial charge in [0.15, 0.2) is 23.2 Å². The molecule has 3 N–H and O–H groups in total. The summed E-state index contributed by atoms with van der Waals surface area (Å²) in [7, 11) is 1.31. The van der Waals surface area contributed by atoms with Crippen molar-refractivity contribution in [1.82, 2.24) is 10.3 Å². The van der Waals surface area contributed by atoms with Gasteiger partial charge in [-0.2, -0.15) is 0 Å². The molecule has 32 heavy (non-hydrogen) atoms. The van der Waals surface area contributed by atoms with E-state index >= 15 is 0 Å². The average molecular weight is 444 g/mol. The standard InChI is InChI=1S/C22H24N2O8/c1-12-18(25)14(10-13-6-4-3-5-7-13)21(28)31-11-15(22(29)32-12)24-20(27)17-19(26)16(30-2)8-9-23-17/h3-9,12,14-15,18,25-26H,10-11H2,1-2H3,(H,24,27)/t12-,14+,15?,18?/m0/s1. The SMILES string of the molecule is COc1ccnc(C(=O)NC2COC(=O)[C@H](Cc3ccccc3)C(O)[C@H](C)OC2=O)c1O. The number of rotatable bonds is 5. The van der Waals surface area contributed by atoms with Gasteiger partial charge in [0, 0.05) is 12.3 Å². The van der Waals surface area contributed by atoms with Crippen LogP contribution in [0.25, 0.3) is 0 Å². The Kier molecular flexibility index (Phi) is 7.26. The van der Waals surface area contributed by atoms with Crippen molar-refractivity contribution in [2.24, 2.45) is 5.92 Å². The largest absolute Gasteiger partial charge is 0.503 e. The van der Waals surface area contributed by atoms with Gasteiger partial charge in [-0.05, 0) is 18.9 Å². The average Bonchev–Trinajstić information content (AvgIpc) is 2.82. The first-order valence-corrected chi connectivity index (χ1v) is 9.93. The Morgan fingerprint density at radius 1 is 1.22 bits per heavy atom. The highest BCUT2D eigenvalue weighted by atomic mass is 16.6. The molecule has 1 fully saturated rings. The number of nitrogens with one attached hydrogen (secondary N) is 1. The molecule has 170 valence electrons. The van der Waals surface area contributed by atoms with Crippen LogP contribution < -0.4 is 10.1 Å². The van der Waals surface area contributed by atoms with Crippen LogP contribution in [0, 0.1) is 5.92 Å². The number of benzene rings is 1. The van der Waals surface area contributed by atoms with E-state index in [9.17, 15) is 24.6 Å². The highest BCUT2D eigenvalue weighted by molar-refractivity contribution is 5.98. The zero-order valence-electron chi connectivity index (χ0n) is 17.6. The Morgan fingerprint density at radius 2 is 1.94 bits per heavy atom. The van der Waals surface area contributed by atoms with Crippen molar-refractivity contribution in [2.75, 3.05) is 13.7 Å². The normalized spacial score (nSPS) is 23.7. The molecule has 0 bridgehead atoms. The number of carbonyl (C=O) groups excluding carboxylic acids is 3. The summed E-state index contributed by atoms with van der Waals surface area (Å²) in [4.78, 5) is 41.6. The van der Waals surface area contributed by atoms with Crippen LogP contribution in [-0.2, 0) is 25.5 Å². The fourth-order valence-corrected chi connectivity index (χ4v) is 3.31. The van der Waals surface area contributed by atoms with Crippen molar-refractivity contribution in [1.29, 1.82) is 0 Å². The van der Waals surface area contributed by atoms with Crippen LogP contribution in [0.15, 0.2) is 42.6 Å². The molecule has 2 heterocycles. The van der Waals surface area contributed by atoms with E-state index in [4.69, 9.17) is 14.2 Å². The number of aromatic nitrogens is 1. The molecule has 1 saturated heterocycles. The van der Waals surface area contributed by atoms with Crippen molar-refractivity contribution in [2.45, 2.75) is 31.6 Å². The predicted octanol–water partition coefficient (Wildman–Crippen LogP) is 0.602. The third-order valence-corrected chi connectivity index (χ3v) is 5.10. The highest BCUT2D eigenvalue weighted by Gasteiger charge is 2.38. The topological polar surface area (TPSA) is 144 Å². The van der Waals surface area contributed by atoms with Crippen molar-refractivity contribution in [3.8, 4) is 11.5 Å². The Balaban J connectivity index is 1.77. The minimum Gasteiger partial charge on any atom is -0.503 e. The maximum absolute atomic E-state index is 12.7. The van der Waals surface area contributed by atoms with Gasteiger partial charge in [0.25, 0.3) is 5.91 Å². The lowest BCUT2D eigenvalue weighted by molar-refractivity contribution is -0.159. The molecule has 2 aromatic rings. The van der Waals surface area contributed by atoms with E-state index in [1.54, 1.807) is 24.3 Å². The molecule has 3 rings (SSSR count). The van der Waals surface area contributed by atoms with Gasteiger partial charge < -0.3 is 29.7 Å². The first-order valence-electron chi connectivity index (χ1n) is 9.93. The molecule has 2 unspecified atom stereocenters. The summed E-state index contributed by atoms with van der Waals surface area (Å²) in [6.45, 7) is 0.937. The summed E-state index contributed by atoms with van der Waals surface area (Å²) in [5.74, 6) is -3.98. The van der Waals surface area contributed by atoms with E-state index in [-0.39, 0.29) is 17.9 Å². The Bertz CT molecular complexity index is 981. The second-order valence-corrected chi connectivity index (χ2v) is 7.30. The number of pyridine rings is 1. The van der Waals surface area contributed by atoms with Crippen LogP contribution in [0.5, 0.6) is 11.5 Å². The maximum Gasteiger partial charge on any atom is 0.332 e. The molecule has 0 saturated carbocycles. The van der Waals surface area contributed by atoms with Gasteiger partial charge in [-0.15, -0.1) is 0 Å². The number of hydrogen-bond acceptors (Lipinski definition) is 9. The summed E-state index contributed by atoms with van der Waals surface area (Å²) in [6.07, 6.45) is -0.919. The molecule has 0 aliphatic carbocycles. The van der Waals surface area contributed by atoms with Gasteiger partial charge in [-0.25, -0.2) is 9.78 Å². The van der Waals surface area contributed by atoms with Crippen LogP contribution >= 0.6 is 0 Å². The number of aliphatic hydroxyl groups is 1. The number of cyclic esters (lactones) is 2. The van der Waals surface area contributed by atoms with Gasteiger partial charge in [0.1, 0.15) is 18.8 Å². The van der Waals surface area contributed by atoms with Crippen LogP contribution in [0.1, 0.15) is 23.0 Å². The number of ether oxygens (including phenoxy) is 3. The third kappa shape index (κ3) is 5.14. The Labute approximate surface area is 184 Å². The lowest BCUT2D eigenvalue weighted by Gasteiger charge is -2.25. The zero-order valence-corrected chi connectivity index (χ0v) is 17.6. The molecule has 10 nitrogen and oxygen atoms in total. The van der Waals surface area contributed by atoms with Crippen molar-refractivity contribution in [3.05, 3.63) is 53.9 Å². The second-order valence-electron chi connectivity index (χ2n) is 7.30. The van der Waals surface area contributed by atoms with Crippen LogP contribution in [0.3, 0.4) is 0 Å². The van der Waals surface area contributed by atoms with Crippen molar-refractivity contribution in [3.63, 3.8) is 0 Å². The zero-order chi connectivity index (χ0) is 23.3. The number of hydrogen-bond donors (Lipinski definition) is 3. The number of carbonyl (C=O) groups is 3. The van der Waals surface area contributed by atoms with Gasteiger partial charge >= 0.3 is 11.9 Å². The van der Waals surface area contributed by atoms with Gasteiger partial charge in [0.2, 0.25) is 0 Å². The lowest BCUT2D eigenvalue weighted by Crippen LogP contribution is -2.46. The van der Waals surface area contributed by atoms with Gasteiger partial charge in [-0.3, -0.25) is 9.59 Å². The Morgan fingerprint density at radius 3 is 2.62 bits per heavy atom. The number of aromatic hydroxyl groups is 1. The number of methoxy groups -OCH3 is 1. The number of esters is 2. The lowest BCUT2D eigenvalue weighted by atomic mass is 9.91. The van der Waals surface area contributed by atoms with E-state index in [1.165, 1.54) is 26.3 Å². The first kappa shape index (κ1) is 23.0. The summed E-state index contributed by atoms with van der Waals surface area (Å²) < 4.78 is 15.5. The van der Waals surface area contributed by atoms with E-state index in [0.29, 0.717) is 0 Å². The summed E-state index contributed by atoms with van der Waals surface area (Å²) in [5.41, 5.74) is 0.425. The molecule has 1 amide bonds. The van der Waals surface area contributed by atoms with E-state index < -0.39 is 54.4 Å². The molecule has 1 aromatic carbocycles. The van der Waals surface area contributed by atoms with E-state index in [2.05, 4.69) is 10.3 Å². The van der Waals surface area contributed by atoms with Crippen molar-refractivity contribution < 1.29 is 38.8 Å². The van der Waals surface area contributed by atoms with Crippen molar-refractivity contribution >= 4 is 17.8 Å². The molecular weight excluding hydrogens is 420 g/mol. The third-order valence-electron chi connectivity index (χ3n) is 5.10. The second kappa shape index (κ2) is 10.1. The Hall–Kier alpha value is -3.66. The molecule has 4 atom stereocenters. The molecule has 1 aromatic heterocycles. The smallest absolute Gasteiger partial charge is 0.332 e. The summed E-state index contributed by atoms with van der Waals surface area (Å²) in [5, 5.41) is 23.1. The van der Waals surface area contributed by atoms with Crippen LogP contribution in [0.2, 0.25) is 0 Å². The quantitative estimate of drug-likeness (QED) is 0.565. The van der Waals surface area contributed by atoms with Crippen LogP contribution in [-0.4, -0.2) is 65.0 Å². The number of amides is 1.